The third-order valence-corrected chi connectivity index (χ3v) is 5.98. The summed E-state index contributed by atoms with van der Waals surface area (Å²) in [6, 6.07) is 20.4. The van der Waals surface area contributed by atoms with E-state index in [-0.39, 0.29) is 30.1 Å². The molecule has 5 nitrogen and oxygen atoms in total. The van der Waals surface area contributed by atoms with Gasteiger partial charge in [0.25, 0.3) is 5.91 Å². The van der Waals surface area contributed by atoms with Crippen LogP contribution >= 0.6 is 0 Å². The van der Waals surface area contributed by atoms with Crippen LogP contribution in [0.1, 0.15) is 45.7 Å². The molecule has 0 aliphatic carbocycles. The molecule has 1 unspecified atom stereocenters. The second-order valence-corrected chi connectivity index (χ2v) is 8.37. The van der Waals surface area contributed by atoms with E-state index in [0.29, 0.717) is 11.3 Å². The van der Waals surface area contributed by atoms with Gasteiger partial charge in [-0.3, -0.25) is 14.6 Å². The van der Waals surface area contributed by atoms with E-state index in [2.05, 4.69) is 15.6 Å². The van der Waals surface area contributed by atoms with Gasteiger partial charge in [0.15, 0.2) is 0 Å². The minimum absolute atomic E-state index is 0.0792. The van der Waals surface area contributed by atoms with Crippen molar-refractivity contribution in [3.63, 3.8) is 0 Å². The minimum Gasteiger partial charge on any atom is -0.349 e. The Balaban J connectivity index is 1.39. The van der Waals surface area contributed by atoms with E-state index in [0.717, 1.165) is 33.3 Å². The number of benzene rings is 3. The van der Waals surface area contributed by atoms with Crippen LogP contribution in [-0.4, -0.2) is 16.8 Å². The largest absolute Gasteiger partial charge is 0.349 e. The number of hydrogen-bond donors (Lipinski definition) is 2. The van der Waals surface area contributed by atoms with Gasteiger partial charge < -0.3 is 10.6 Å². The number of pyridine rings is 1. The maximum absolute atomic E-state index is 13.0. The Hall–Kier alpha value is -4.06. The normalized spacial score (nSPS) is 11.8. The Morgan fingerprint density at radius 1 is 0.941 bits per heavy atom. The van der Waals surface area contributed by atoms with Gasteiger partial charge in [-0.25, -0.2) is 4.39 Å². The lowest BCUT2D eigenvalue weighted by molar-refractivity contribution is -0.121. The summed E-state index contributed by atoms with van der Waals surface area (Å²) in [5, 5.41) is 6.90. The average Bonchev–Trinajstić information content (AvgIpc) is 2.82. The molecule has 0 aliphatic heterocycles. The predicted molar refractivity (Wildman–Crippen MR) is 132 cm³/mol. The van der Waals surface area contributed by atoms with Crippen molar-refractivity contribution in [2.24, 2.45) is 0 Å². The van der Waals surface area contributed by atoms with Gasteiger partial charge in [-0.05, 0) is 79.9 Å². The van der Waals surface area contributed by atoms with Crippen LogP contribution in [0.15, 0.2) is 72.8 Å². The summed E-state index contributed by atoms with van der Waals surface area (Å²) in [7, 11) is 0. The van der Waals surface area contributed by atoms with Gasteiger partial charge in [0.1, 0.15) is 5.82 Å². The molecule has 4 aromatic rings. The first-order valence-electron chi connectivity index (χ1n) is 11.1. The van der Waals surface area contributed by atoms with Crippen LogP contribution in [0.4, 0.5) is 10.1 Å². The molecule has 0 bridgehead atoms. The van der Waals surface area contributed by atoms with Gasteiger partial charge in [-0.2, -0.15) is 0 Å². The Morgan fingerprint density at radius 2 is 1.62 bits per heavy atom. The number of fused-ring (bicyclic) bond motifs is 1. The first-order chi connectivity index (χ1) is 16.3. The highest BCUT2D eigenvalue weighted by Gasteiger charge is 2.15. The number of anilines is 1. The van der Waals surface area contributed by atoms with Crippen molar-refractivity contribution >= 4 is 28.4 Å². The lowest BCUT2D eigenvalue weighted by atomic mass is 9.99. The quantitative estimate of drug-likeness (QED) is 0.394. The van der Waals surface area contributed by atoms with Gasteiger partial charge >= 0.3 is 0 Å². The maximum atomic E-state index is 13.0. The Bertz CT molecular complexity index is 1350. The standard InChI is InChI=1S/C28H26FN3O2/c1-17-24-6-4-5-7-26(24)30-19(3)25(17)16-27(33)31-18(2)20-10-14-23(15-11-20)32-28(34)21-8-12-22(29)13-9-21/h4-15,18H,16H2,1-3H3,(H,31,33)(H,32,34). The number of carbonyl (C=O) groups is 2. The van der Waals surface area contributed by atoms with Crippen molar-refractivity contribution in [3.8, 4) is 0 Å². The molecule has 0 fully saturated rings. The number of rotatable bonds is 6. The van der Waals surface area contributed by atoms with E-state index in [4.69, 9.17) is 0 Å². The SMILES string of the molecule is Cc1nc2ccccc2c(C)c1CC(=O)NC(C)c1ccc(NC(=O)c2ccc(F)cc2)cc1. The zero-order valence-corrected chi connectivity index (χ0v) is 19.4. The van der Waals surface area contributed by atoms with Gasteiger partial charge in [-0.1, -0.05) is 30.3 Å². The van der Waals surface area contributed by atoms with E-state index >= 15 is 0 Å². The van der Waals surface area contributed by atoms with Crippen LogP contribution in [0.3, 0.4) is 0 Å². The number of aryl methyl sites for hydroxylation is 2. The molecule has 2 N–H and O–H groups in total. The number of hydrogen-bond acceptors (Lipinski definition) is 3. The van der Waals surface area contributed by atoms with E-state index in [1.54, 1.807) is 12.1 Å². The fourth-order valence-electron chi connectivity index (χ4n) is 4.03. The van der Waals surface area contributed by atoms with E-state index in [1.165, 1.54) is 24.3 Å². The van der Waals surface area contributed by atoms with Gasteiger partial charge in [0.2, 0.25) is 5.91 Å². The highest BCUT2D eigenvalue weighted by molar-refractivity contribution is 6.04. The average molecular weight is 456 g/mol. The summed E-state index contributed by atoms with van der Waals surface area (Å²) in [5.74, 6) is -0.785. The van der Waals surface area contributed by atoms with Crippen molar-refractivity contribution in [1.82, 2.24) is 10.3 Å². The summed E-state index contributed by atoms with van der Waals surface area (Å²) in [6.45, 7) is 5.88. The first kappa shape index (κ1) is 23.1. The van der Waals surface area contributed by atoms with Crippen LogP contribution < -0.4 is 10.6 Å². The topological polar surface area (TPSA) is 71.1 Å². The Morgan fingerprint density at radius 3 is 2.32 bits per heavy atom. The lowest BCUT2D eigenvalue weighted by Gasteiger charge is -2.17. The van der Waals surface area contributed by atoms with Crippen LogP contribution in [0.2, 0.25) is 0 Å². The number of carbonyl (C=O) groups excluding carboxylic acids is 2. The molecule has 0 aliphatic rings. The van der Waals surface area contributed by atoms with Crippen molar-refractivity contribution in [2.45, 2.75) is 33.2 Å². The highest BCUT2D eigenvalue weighted by Crippen LogP contribution is 2.23. The molecule has 0 saturated carbocycles. The zero-order chi connectivity index (χ0) is 24.2. The van der Waals surface area contributed by atoms with Gasteiger partial charge in [0, 0.05) is 22.3 Å². The molecule has 172 valence electrons. The number of nitrogens with zero attached hydrogens (tertiary/aromatic N) is 1. The number of para-hydroxylation sites is 1. The van der Waals surface area contributed by atoms with Crippen molar-refractivity contribution < 1.29 is 14.0 Å². The molecule has 0 saturated heterocycles. The number of nitrogens with one attached hydrogen (secondary N) is 2. The molecule has 6 heteroatoms. The molecule has 0 spiro atoms. The van der Waals surface area contributed by atoms with Gasteiger partial charge in [0.05, 0.1) is 18.0 Å². The second-order valence-electron chi connectivity index (χ2n) is 8.37. The lowest BCUT2D eigenvalue weighted by Crippen LogP contribution is -2.28. The molecule has 1 aromatic heterocycles. The molecule has 1 heterocycles. The molecule has 1 atom stereocenters. The molecule has 0 radical (unpaired) electrons. The van der Waals surface area contributed by atoms with Crippen LogP contribution in [0, 0.1) is 19.7 Å². The monoisotopic (exact) mass is 455 g/mol. The number of amides is 2. The molecule has 34 heavy (non-hydrogen) atoms. The zero-order valence-electron chi connectivity index (χ0n) is 19.4. The summed E-state index contributed by atoms with van der Waals surface area (Å²) < 4.78 is 13.0. The van der Waals surface area contributed by atoms with E-state index < -0.39 is 0 Å². The molecular weight excluding hydrogens is 429 g/mol. The molecule has 3 aromatic carbocycles. The minimum atomic E-state index is -0.390. The first-order valence-corrected chi connectivity index (χ1v) is 11.1. The van der Waals surface area contributed by atoms with E-state index in [1.807, 2.05) is 57.2 Å². The molecule has 2 amide bonds. The fraction of sp³-hybridized carbons (Fsp3) is 0.179. The van der Waals surface area contributed by atoms with Gasteiger partial charge in [-0.15, -0.1) is 0 Å². The van der Waals surface area contributed by atoms with Crippen LogP contribution in [-0.2, 0) is 11.2 Å². The number of halogens is 1. The third kappa shape index (κ3) is 5.12. The number of aromatic nitrogens is 1. The van der Waals surface area contributed by atoms with Crippen LogP contribution in [0.25, 0.3) is 10.9 Å². The Labute approximate surface area is 198 Å². The second kappa shape index (κ2) is 9.83. The molecular formula is C28H26FN3O2. The van der Waals surface area contributed by atoms with Crippen LogP contribution in [0.5, 0.6) is 0 Å². The maximum Gasteiger partial charge on any atom is 0.255 e. The van der Waals surface area contributed by atoms with Crippen molar-refractivity contribution in [3.05, 3.63) is 107 Å². The summed E-state index contributed by atoms with van der Waals surface area (Å²) >= 11 is 0. The fourth-order valence-corrected chi connectivity index (χ4v) is 4.03. The smallest absolute Gasteiger partial charge is 0.255 e. The summed E-state index contributed by atoms with van der Waals surface area (Å²) in [6.07, 6.45) is 0.256. The van der Waals surface area contributed by atoms with Crippen molar-refractivity contribution in [2.75, 3.05) is 5.32 Å². The van der Waals surface area contributed by atoms with Crippen molar-refractivity contribution in [1.29, 1.82) is 0 Å². The summed E-state index contributed by atoms with van der Waals surface area (Å²) in [5.41, 5.74) is 5.72. The summed E-state index contributed by atoms with van der Waals surface area (Å²) in [4.78, 5) is 29.8. The third-order valence-electron chi connectivity index (χ3n) is 5.98. The predicted octanol–water partition coefficient (Wildman–Crippen LogP) is 5.66. The molecule has 4 rings (SSSR count). The van der Waals surface area contributed by atoms with E-state index in [9.17, 15) is 14.0 Å². The Kier molecular flexibility index (Phi) is 6.68. The highest BCUT2D eigenvalue weighted by atomic mass is 19.1.